The van der Waals surface area contributed by atoms with Crippen molar-refractivity contribution in [2.24, 2.45) is 0 Å². The number of hydrogen-bond acceptors (Lipinski definition) is 5. The Morgan fingerprint density at radius 3 is 2.68 bits per heavy atom. The van der Waals surface area contributed by atoms with Gasteiger partial charge in [0.2, 0.25) is 0 Å². The second-order valence-corrected chi connectivity index (χ2v) is 6.58. The number of nitro benzene ring substituents is 1. The molecular formula is C19H19F2N3O4. The number of likely N-dealkylation sites (tertiary alicyclic amines) is 1. The fourth-order valence-corrected chi connectivity index (χ4v) is 3.36. The smallest absolute Gasteiger partial charge is 0.315 e. The molecule has 1 saturated heterocycles. The molecule has 1 amide bonds. The van der Waals surface area contributed by atoms with Crippen molar-refractivity contribution in [3.63, 3.8) is 0 Å². The number of nitrogens with one attached hydrogen (secondary N) is 1. The summed E-state index contributed by atoms with van der Waals surface area (Å²) in [5, 5.41) is 14.1. The molecule has 0 saturated carbocycles. The Bertz CT molecular complexity index is 886. The van der Waals surface area contributed by atoms with E-state index in [1.54, 1.807) is 12.1 Å². The van der Waals surface area contributed by atoms with E-state index in [-0.39, 0.29) is 23.0 Å². The molecule has 1 atom stereocenters. The fourth-order valence-electron chi connectivity index (χ4n) is 3.36. The quantitative estimate of drug-likeness (QED) is 0.605. The van der Waals surface area contributed by atoms with E-state index in [1.807, 2.05) is 4.90 Å². The first kappa shape index (κ1) is 19.7. The first-order valence-corrected chi connectivity index (χ1v) is 8.67. The van der Waals surface area contributed by atoms with Crippen LogP contribution in [0.2, 0.25) is 0 Å². The van der Waals surface area contributed by atoms with E-state index >= 15 is 0 Å². The zero-order valence-corrected chi connectivity index (χ0v) is 15.2. The highest BCUT2D eigenvalue weighted by Gasteiger charge is 2.28. The molecule has 2 aromatic carbocycles. The van der Waals surface area contributed by atoms with E-state index in [4.69, 9.17) is 4.74 Å². The van der Waals surface area contributed by atoms with Crippen LogP contribution in [0.25, 0.3) is 0 Å². The van der Waals surface area contributed by atoms with Crippen LogP contribution in [0.15, 0.2) is 36.4 Å². The van der Waals surface area contributed by atoms with Crippen molar-refractivity contribution in [3.05, 3.63) is 69.3 Å². The summed E-state index contributed by atoms with van der Waals surface area (Å²) in [7, 11) is 1.38. The second kappa shape index (κ2) is 8.30. The Labute approximate surface area is 160 Å². The molecule has 148 valence electrons. The Balaban J connectivity index is 1.65. The number of para-hydroxylation sites is 1. The van der Waals surface area contributed by atoms with Crippen LogP contribution in [-0.4, -0.2) is 42.0 Å². The van der Waals surface area contributed by atoms with Gasteiger partial charge in [0.15, 0.2) is 5.75 Å². The lowest BCUT2D eigenvalue weighted by Crippen LogP contribution is -2.37. The third-order valence-corrected chi connectivity index (χ3v) is 4.61. The monoisotopic (exact) mass is 391 g/mol. The van der Waals surface area contributed by atoms with Gasteiger partial charge in [-0.25, -0.2) is 8.78 Å². The normalized spacial score (nSPS) is 16.8. The van der Waals surface area contributed by atoms with Gasteiger partial charge < -0.3 is 10.1 Å². The first-order valence-electron chi connectivity index (χ1n) is 8.67. The number of nitrogens with zero attached hydrogens (tertiary/aromatic N) is 2. The molecule has 1 heterocycles. The summed E-state index contributed by atoms with van der Waals surface area (Å²) in [5.41, 5.74) is 0.357. The van der Waals surface area contributed by atoms with Crippen LogP contribution in [0.3, 0.4) is 0 Å². The van der Waals surface area contributed by atoms with Crippen molar-refractivity contribution < 1.29 is 23.2 Å². The molecular weight excluding hydrogens is 372 g/mol. The zero-order chi connectivity index (χ0) is 20.3. The Morgan fingerprint density at radius 2 is 2.04 bits per heavy atom. The lowest BCUT2D eigenvalue weighted by atomic mass is 10.1. The largest absolute Gasteiger partial charge is 0.490 e. The van der Waals surface area contributed by atoms with E-state index in [0.717, 1.165) is 12.1 Å². The molecule has 1 unspecified atom stereocenters. The Morgan fingerprint density at radius 1 is 1.32 bits per heavy atom. The molecule has 2 aromatic rings. The third kappa shape index (κ3) is 4.42. The van der Waals surface area contributed by atoms with Gasteiger partial charge in [0.25, 0.3) is 5.91 Å². The molecule has 1 aliphatic rings. The minimum absolute atomic E-state index is 0.0762. The number of carbonyl (C=O) groups excluding carboxylic acids is 1. The van der Waals surface area contributed by atoms with E-state index in [0.29, 0.717) is 37.7 Å². The van der Waals surface area contributed by atoms with Crippen molar-refractivity contribution in [1.82, 2.24) is 10.2 Å². The van der Waals surface area contributed by atoms with Gasteiger partial charge in [-0.15, -0.1) is 0 Å². The van der Waals surface area contributed by atoms with Gasteiger partial charge in [0, 0.05) is 42.9 Å². The minimum atomic E-state index is -0.816. The van der Waals surface area contributed by atoms with Gasteiger partial charge in [-0.2, -0.15) is 0 Å². The predicted octanol–water partition coefficient (Wildman–Crippen LogP) is 2.89. The summed E-state index contributed by atoms with van der Waals surface area (Å²) in [6.45, 7) is 1.42. The van der Waals surface area contributed by atoms with Crippen molar-refractivity contribution in [2.75, 3.05) is 20.2 Å². The van der Waals surface area contributed by atoms with Crippen LogP contribution in [0.1, 0.15) is 22.3 Å². The topological polar surface area (TPSA) is 84.7 Å². The van der Waals surface area contributed by atoms with Gasteiger partial charge in [0.05, 0.1) is 12.0 Å². The molecule has 1 N–H and O–H groups in total. The van der Waals surface area contributed by atoms with Gasteiger partial charge in [-0.1, -0.05) is 12.1 Å². The third-order valence-electron chi connectivity index (χ3n) is 4.61. The summed E-state index contributed by atoms with van der Waals surface area (Å²) in [6.07, 6.45) is 0.626. The summed E-state index contributed by atoms with van der Waals surface area (Å²) in [4.78, 5) is 25.1. The molecule has 1 fully saturated rings. The summed E-state index contributed by atoms with van der Waals surface area (Å²) in [5.74, 6) is -2.00. The Kier molecular flexibility index (Phi) is 5.84. The maximum atomic E-state index is 13.3. The fraction of sp³-hybridized carbons (Fsp3) is 0.316. The van der Waals surface area contributed by atoms with Crippen molar-refractivity contribution in [1.29, 1.82) is 0 Å². The number of carbonyl (C=O) groups is 1. The average Bonchev–Trinajstić information content (AvgIpc) is 3.07. The lowest BCUT2D eigenvalue weighted by Gasteiger charge is -2.17. The number of halogens is 2. The molecule has 0 bridgehead atoms. The molecule has 0 aliphatic carbocycles. The summed E-state index contributed by atoms with van der Waals surface area (Å²) in [6, 6.07) is 7.33. The van der Waals surface area contributed by atoms with Gasteiger partial charge in [0.1, 0.15) is 11.6 Å². The second-order valence-electron chi connectivity index (χ2n) is 6.58. The van der Waals surface area contributed by atoms with Crippen molar-refractivity contribution in [2.45, 2.75) is 19.0 Å². The number of methoxy groups -OCH3 is 1. The number of ether oxygens (including phenoxy) is 1. The van der Waals surface area contributed by atoms with Crippen LogP contribution in [0, 0.1) is 21.7 Å². The summed E-state index contributed by atoms with van der Waals surface area (Å²) >= 11 is 0. The number of rotatable bonds is 6. The number of hydrogen-bond donors (Lipinski definition) is 1. The van der Waals surface area contributed by atoms with E-state index in [2.05, 4.69) is 5.32 Å². The first-order chi connectivity index (χ1) is 13.4. The number of amides is 1. The van der Waals surface area contributed by atoms with E-state index in [9.17, 15) is 23.7 Å². The van der Waals surface area contributed by atoms with Crippen molar-refractivity contribution in [3.8, 4) is 5.75 Å². The molecule has 0 aromatic heterocycles. The standard InChI is InChI=1S/C19H19F2N3O4/c1-28-17-4-2-3-12(18(17)24(26)27)10-23-6-5-16(11-23)22-19(25)13-7-14(20)9-15(21)8-13/h2-4,7-9,16H,5-6,10-11H2,1H3,(H,22,25). The highest BCUT2D eigenvalue weighted by atomic mass is 19.1. The molecule has 9 heteroatoms. The maximum Gasteiger partial charge on any atom is 0.315 e. The van der Waals surface area contributed by atoms with Gasteiger partial charge >= 0.3 is 5.69 Å². The van der Waals surface area contributed by atoms with E-state index < -0.39 is 22.5 Å². The van der Waals surface area contributed by atoms with Crippen LogP contribution in [-0.2, 0) is 6.54 Å². The van der Waals surface area contributed by atoms with Crippen LogP contribution in [0.4, 0.5) is 14.5 Å². The number of benzene rings is 2. The van der Waals surface area contributed by atoms with Crippen LogP contribution < -0.4 is 10.1 Å². The molecule has 28 heavy (non-hydrogen) atoms. The molecule has 0 spiro atoms. The maximum absolute atomic E-state index is 13.3. The highest BCUT2D eigenvalue weighted by molar-refractivity contribution is 5.94. The predicted molar refractivity (Wildman–Crippen MR) is 97.2 cm³/mol. The van der Waals surface area contributed by atoms with Gasteiger partial charge in [-0.05, 0) is 24.6 Å². The van der Waals surface area contributed by atoms with Crippen molar-refractivity contribution >= 4 is 11.6 Å². The highest BCUT2D eigenvalue weighted by Crippen LogP contribution is 2.32. The van der Waals surface area contributed by atoms with Gasteiger partial charge in [-0.3, -0.25) is 19.8 Å². The zero-order valence-electron chi connectivity index (χ0n) is 15.2. The molecule has 1 aliphatic heterocycles. The van der Waals surface area contributed by atoms with Crippen LogP contribution in [0.5, 0.6) is 5.75 Å². The number of nitro groups is 1. The van der Waals surface area contributed by atoms with Crippen LogP contribution >= 0.6 is 0 Å². The lowest BCUT2D eigenvalue weighted by molar-refractivity contribution is -0.386. The Hall–Kier alpha value is -3.07. The van der Waals surface area contributed by atoms with E-state index in [1.165, 1.54) is 13.2 Å². The summed E-state index contributed by atoms with van der Waals surface area (Å²) < 4.78 is 31.6. The minimum Gasteiger partial charge on any atom is -0.490 e. The molecule has 0 radical (unpaired) electrons. The SMILES string of the molecule is COc1cccc(CN2CCC(NC(=O)c3cc(F)cc(F)c3)C2)c1[N+](=O)[O-]. The average molecular weight is 391 g/mol. The molecule has 3 rings (SSSR count). The molecule has 7 nitrogen and oxygen atoms in total.